The van der Waals surface area contributed by atoms with Gasteiger partial charge in [0.1, 0.15) is 5.75 Å². The van der Waals surface area contributed by atoms with Gasteiger partial charge in [0.2, 0.25) is 0 Å². The summed E-state index contributed by atoms with van der Waals surface area (Å²) in [5.41, 5.74) is 3.94. The van der Waals surface area contributed by atoms with E-state index in [9.17, 15) is 9.90 Å². The second-order valence-corrected chi connectivity index (χ2v) is 4.84. The number of phenolic OH excluding ortho intramolecular Hbond substituents is 1. The molecule has 1 aliphatic carbocycles. The van der Waals surface area contributed by atoms with Crippen molar-refractivity contribution >= 4 is 10.8 Å². The molecule has 0 fully saturated rings. The van der Waals surface area contributed by atoms with E-state index in [-0.39, 0.29) is 11.3 Å². The van der Waals surface area contributed by atoms with Gasteiger partial charge in [0, 0.05) is 17.4 Å². The molecule has 0 unspecified atom stereocenters. The number of phenols is 1. The normalized spacial score (nSPS) is 12.4. The molecule has 0 atom stereocenters. The smallest absolute Gasteiger partial charge is 0.256 e. The van der Waals surface area contributed by atoms with Crippen molar-refractivity contribution in [1.29, 1.82) is 0 Å². The number of hydrogen-bond donors (Lipinski definition) is 2. The van der Waals surface area contributed by atoms with Gasteiger partial charge in [-0.2, -0.15) is 0 Å². The molecule has 19 heavy (non-hydrogen) atoms. The first-order valence-electron chi connectivity index (χ1n) is 6.21. The largest absolute Gasteiger partial charge is 0.507 e. The van der Waals surface area contributed by atoms with Gasteiger partial charge in [-0.05, 0) is 23.3 Å². The first-order chi connectivity index (χ1) is 9.25. The van der Waals surface area contributed by atoms with Gasteiger partial charge >= 0.3 is 0 Å². The fourth-order valence-electron chi connectivity index (χ4n) is 2.94. The van der Waals surface area contributed by atoms with E-state index in [1.165, 1.54) is 5.56 Å². The van der Waals surface area contributed by atoms with Crippen LogP contribution in [-0.4, -0.2) is 10.1 Å². The Kier molecular flexibility index (Phi) is 1.90. The zero-order valence-electron chi connectivity index (χ0n) is 10.1. The summed E-state index contributed by atoms with van der Waals surface area (Å²) in [6.45, 7) is 0. The quantitative estimate of drug-likeness (QED) is 0.503. The van der Waals surface area contributed by atoms with Gasteiger partial charge in [-0.25, -0.2) is 0 Å². The van der Waals surface area contributed by atoms with Crippen LogP contribution >= 0.6 is 0 Å². The fraction of sp³-hybridized carbons (Fsp3) is 0.0625. The molecule has 1 aromatic heterocycles. The first kappa shape index (κ1) is 10.4. The highest BCUT2D eigenvalue weighted by Gasteiger charge is 2.23. The van der Waals surface area contributed by atoms with Crippen molar-refractivity contribution in [2.45, 2.75) is 6.42 Å². The Morgan fingerprint density at radius 3 is 2.79 bits per heavy atom. The molecular formula is C16H11NO2. The molecule has 4 rings (SSSR count). The lowest BCUT2D eigenvalue weighted by molar-refractivity contribution is 0.481. The topological polar surface area (TPSA) is 53.1 Å². The van der Waals surface area contributed by atoms with Crippen molar-refractivity contribution in [3.8, 4) is 17.0 Å². The van der Waals surface area contributed by atoms with Crippen LogP contribution in [0.4, 0.5) is 0 Å². The predicted molar refractivity (Wildman–Crippen MR) is 74.5 cm³/mol. The monoisotopic (exact) mass is 249 g/mol. The number of H-pyrrole nitrogens is 1. The van der Waals surface area contributed by atoms with Crippen molar-refractivity contribution in [2.24, 2.45) is 0 Å². The van der Waals surface area contributed by atoms with Crippen molar-refractivity contribution < 1.29 is 5.11 Å². The van der Waals surface area contributed by atoms with E-state index in [1.807, 2.05) is 18.2 Å². The maximum Gasteiger partial charge on any atom is 0.256 e. The average molecular weight is 249 g/mol. The highest BCUT2D eigenvalue weighted by atomic mass is 16.3. The standard InChI is InChI=1S/C16H11NO2/c18-13-7-3-6-11-14(13)12-8-9-4-1-2-5-10(9)15(12)17-16(11)19/h1-7,18H,8H2,(H,17,19). The third kappa shape index (κ3) is 1.30. The SMILES string of the molecule is O=c1[nH]c2c(c3c(O)cccc13)Cc1ccccc1-2. The van der Waals surface area contributed by atoms with E-state index in [0.717, 1.165) is 23.2 Å². The molecule has 3 nitrogen and oxygen atoms in total. The minimum atomic E-state index is -0.152. The van der Waals surface area contributed by atoms with Gasteiger partial charge < -0.3 is 10.1 Å². The number of rotatable bonds is 0. The lowest BCUT2D eigenvalue weighted by Gasteiger charge is -2.06. The number of aromatic nitrogens is 1. The second kappa shape index (κ2) is 3.48. The third-order valence-corrected chi connectivity index (χ3v) is 3.78. The second-order valence-electron chi connectivity index (χ2n) is 4.84. The summed E-state index contributed by atoms with van der Waals surface area (Å²) in [5, 5.41) is 11.3. The summed E-state index contributed by atoms with van der Waals surface area (Å²) < 4.78 is 0. The third-order valence-electron chi connectivity index (χ3n) is 3.78. The molecule has 0 spiro atoms. The van der Waals surface area contributed by atoms with Crippen LogP contribution in [0.15, 0.2) is 47.3 Å². The molecule has 0 saturated heterocycles. The Morgan fingerprint density at radius 1 is 1.05 bits per heavy atom. The van der Waals surface area contributed by atoms with E-state index in [2.05, 4.69) is 11.1 Å². The summed E-state index contributed by atoms with van der Waals surface area (Å²) in [6, 6.07) is 13.1. The molecule has 0 bridgehead atoms. The number of nitrogens with one attached hydrogen (secondary N) is 1. The van der Waals surface area contributed by atoms with E-state index in [4.69, 9.17) is 0 Å². The van der Waals surface area contributed by atoms with Gasteiger partial charge in [-0.1, -0.05) is 30.3 Å². The highest BCUT2D eigenvalue weighted by molar-refractivity contribution is 5.96. The van der Waals surface area contributed by atoms with Crippen LogP contribution in [0.2, 0.25) is 0 Å². The van der Waals surface area contributed by atoms with E-state index in [1.54, 1.807) is 18.2 Å². The number of aromatic hydroxyl groups is 1. The number of benzene rings is 2. The summed E-state index contributed by atoms with van der Waals surface area (Å²) >= 11 is 0. The minimum absolute atomic E-state index is 0.152. The van der Waals surface area contributed by atoms with Gasteiger partial charge in [-0.15, -0.1) is 0 Å². The zero-order valence-corrected chi connectivity index (χ0v) is 10.1. The molecule has 92 valence electrons. The summed E-state index contributed by atoms with van der Waals surface area (Å²) in [7, 11) is 0. The Balaban J connectivity index is 2.21. The highest BCUT2D eigenvalue weighted by Crippen LogP contribution is 2.39. The van der Waals surface area contributed by atoms with Crippen LogP contribution in [0.5, 0.6) is 5.75 Å². The van der Waals surface area contributed by atoms with Crippen molar-refractivity contribution in [3.05, 3.63) is 63.9 Å². The molecule has 2 N–H and O–H groups in total. The molecule has 2 aromatic carbocycles. The van der Waals surface area contributed by atoms with E-state index < -0.39 is 0 Å². The lowest BCUT2D eigenvalue weighted by Crippen LogP contribution is -2.08. The first-order valence-corrected chi connectivity index (χ1v) is 6.21. The summed E-state index contributed by atoms with van der Waals surface area (Å²) in [6.07, 6.45) is 0.746. The van der Waals surface area contributed by atoms with Gasteiger partial charge in [0.15, 0.2) is 0 Å². The Morgan fingerprint density at radius 2 is 1.89 bits per heavy atom. The zero-order chi connectivity index (χ0) is 13.0. The van der Waals surface area contributed by atoms with Crippen LogP contribution in [0.25, 0.3) is 22.0 Å². The average Bonchev–Trinajstić information content (AvgIpc) is 2.78. The Labute approximate surface area is 109 Å². The van der Waals surface area contributed by atoms with Crippen molar-refractivity contribution in [1.82, 2.24) is 4.98 Å². The lowest BCUT2D eigenvalue weighted by atomic mass is 10.0. The molecule has 0 aliphatic heterocycles. The molecule has 0 amide bonds. The number of fused-ring (bicyclic) bond motifs is 5. The predicted octanol–water partition coefficient (Wildman–Crippen LogP) is 2.80. The molecule has 3 aromatic rings. The molecule has 1 aliphatic rings. The van der Waals surface area contributed by atoms with Crippen LogP contribution < -0.4 is 5.56 Å². The maximum atomic E-state index is 12.1. The van der Waals surface area contributed by atoms with E-state index >= 15 is 0 Å². The summed E-state index contributed by atoms with van der Waals surface area (Å²) in [4.78, 5) is 15.1. The Bertz CT molecular complexity index is 878. The van der Waals surface area contributed by atoms with Gasteiger partial charge in [0.25, 0.3) is 5.56 Å². The fourth-order valence-corrected chi connectivity index (χ4v) is 2.94. The molecular weight excluding hydrogens is 238 g/mol. The number of aromatic amines is 1. The molecule has 0 radical (unpaired) electrons. The van der Waals surface area contributed by atoms with Crippen LogP contribution in [0.1, 0.15) is 11.1 Å². The number of hydrogen-bond acceptors (Lipinski definition) is 2. The van der Waals surface area contributed by atoms with Crippen LogP contribution in [0.3, 0.4) is 0 Å². The molecule has 3 heteroatoms. The van der Waals surface area contributed by atoms with Crippen molar-refractivity contribution in [3.63, 3.8) is 0 Å². The van der Waals surface area contributed by atoms with Gasteiger partial charge in [0.05, 0.1) is 11.1 Å². The Hall–Kier alpha value is -2.55. The summed E-state index contributed by atoms with van der Waals surface area (Å²) in [5.74, 6) is 0.174. The van der Waals surface area contributed by atoms with Crippen LogP contribution in [0, 0.1) is 0 Å². The maximum absolute atomic E-state index is 12.1. The minimum Gasteiger partial charge on any atom is -0.507 e. The molecule has 1 heterocycles. The van der Waals surface area contributed by atoms with Crippen molar-refractivity contribution in [2.75, 3.05) is 0 Å². The van der Waals surface area contributed by atoms with Gasteiger partial charge in [-0.3, -0.25) is 4.79 Å². The molecule has 0 saturated carbocycles. The van der Waals surface area contributed by atoms with E-state index in [0.29, 0.717) is 10.8 Å². The number of pyridine rings is 1. The van der Waals surface area contributed by atoms with Crippen LogP contribution in [-0.2, 0) is 6.42 Å².